The summed E-state index contributed by atoms with van der Waals surface area (Å²) in [6.45, 7) is 1.35. The van der Waals surface area contributed by atoms with Crippen molar-refractivity contribution in [1.82, 2.24) is 0 Å². The molecule has 0 saturated heterocycles. The molecule has 0 aliphatic carbocycles. The maximum absolute atomic E-state index is 10.6. The third-order valence-corrected chi connectivity index (χ3v) is 2.68. The second-order valence-corrected chi connectivity index (χ2v) is 4.27. The maximum Gasteiger partial charge on any atom is 0.335 e. The fraction of sp³-hybridized carbons (Fsp3) is 0.462. The van der Waals surface area contributed by atoms with Gasteiger partial charge in [-0.05, 0) is 38.2 Å². The first-order valence-corrected chi connectivity index (χ1v) is 5.52. The molecule has 0 aromatic heterocycles. The highest BCUT2D eigenvalue weighted by Crippen LogP contribution is 2.15. The highest BCUT2D eigenvalue weighted by molar-refractivity contribution is 5.76. The highest BCUT2D eigenvalue weighted by Gasteiger charge is 2.28. The van der Waals surface area contributed by atoms with Gasteiger partial charge in [-0.2, -0.15) is 0 Å². The summed E-state index contributed by atoms with van der Waals surface area (Å²) in [5.41, 5.74) is -0.339. The van der Waals surface area contributed by atoms with Gasteiger partial charge in [0.2, 0.25) is 0 Å². The van der Waals surface area contributed by atoms with E-state index in [1.165, 1.54) is 12.5 Å². The molecule has 0 amide bonds. The smallest absolute Gasteiger partial charge is 0.335 e. The quantitative estimate of drug-likeness (QED) is 0.726. The minimum atomic E-state index is -1.59. The summed E-state index contributed by atoms with van der Waals surface area (Å²) in [6, 6.07) is 10.1. The maximum atomic E-state index is 10.6. The molecule has 0 bridgehead atoms. The zero-order valence-corrected chi connectivity index (χ0v) is 9.52. The molecule has 1 atom stereocenters. The van der Waals surface area contributed by atoms with Crippen LogP contribution in [0.3, 0.4) is 0 Å². The van der Waals surface area contributed by atoms with E-state index in [1.807, 2.05) is 18.2 Å². The van der Waals surface area contributed by atoms with Crippen LogP contribution in [0.5, 0.6) is 0 Å². The van der Waals surface area contributed by atoms with Gasteiger partial charge < -0.3 is 10.2 Å². The Balaban J connectivity index is 2.25. The molecule has 0 aliphatic rings. The Morgan fingerprint density at radius 1 is 1.25 bits per heavy atom. The molecule has 2 N–H and O–H groups in total. The van der Waals surface area contributed by atoms with E-state index < -0.39 is 11.6 Å². The van der Waals surface area contributed by atoms with Crippen LogP contribution >= 0.6 is 0 Å². The molecule has 0 saturated carbocycles. The number of rotatable bonds is 6. The minimum absolute atomic E-state index is 0.301. The molecule has 0 radical (unpaired) electrons. The van der Waals surface area contributed by atoms with Crippen LogP contribution in [0, 0.1) is 0 Å². The molecule has 16 heavy (non-hydrogen) atoms. The van der Waals surface area contributed by atoms with E-state index in [0.717, 1.165) is 12.8 Å². The Bertz CT molecular complexity index is 330. The summed E-state index contributed by atoms with van der Waals surface area (Å²) in [7, 11) is 0. The number of aliphatic carboxylic acids is 1. The van der Waals surface area contributed by atoms with Gasteiger partial charge in [0.25, 0.3) is 0 Å². The van der Waals surface area contributed by atoms with Crippen molar-refractivity contribution in [2.45, 2.75) is 38.2 Å². The third-order valence-electron chi connectivity index (χ3n) is 2.68. The van der Waals surface area contributed by atoms with Crippen LogP contribution in [-0.2, 0) is 11.2 Å². The Kier molecular flexibility index (Phi) is 4.50. The van der Waals surface area contributed by atoms with Gasteiger partial charge in [-0.3, -0.25) is 0 Å². The van der Waals surface area contributed by atoms with Crippen LogP contribution in [0.25, 0.3) is 0 Å². The molecular weight excluding hydrogens is 204 g/mol. The van der Waals surface area contributed by atoms with Crippen LogP contribution in [0.2, 0.25) is 0 Å². The van der Waals surface area contributed by atoms with Gasteiger partial charge in [-0.1, -0.05) is 30.3 Å². The van der Waals surface area contributed by atoms with Crippen LogP contribution in [0.4, 0.5) is 0 Å². The topological polar surface area (TPSA) is 57.5 Å². The van der Waals surface area contributed by atoms with Crippen molar-refractivity contribution in [2.75, 3.05) is 0 Å². The van der Waals surface area contributed by atoms with E-state index >= 15 is 0 Å². The summed E-state index contributed by atoms with van der Waals surface area (Å²) in [5.74, 6) is -1.15. The minimum Gasteiger partial charge on any atom is -0.479 e. The average Bonchev–Trinajstić information content (AvgIpc) is 2.26. The van der Waals surface area contributed by atoms with E-state index in [2.05, 4.69) is 12.1 Å². The lowest BCUT2D eigenvalue weighted by atomic mass is 9.97. The largest absolute Gasteiger partial charge is 0.479 e. The van der Waals surface area contributed by atoms with E-state index in [0.29, 0.717) is 12.8 Å². The van der Waals surface area contributed by atoms with E-state index in [1.54, 1.807) is 0 Å². The zero-order valence-electron chi connectivity index (χ0n) is 9.52. The predicted octanol–water partition coefficient (Wildman–Crippen LogP) is 2.23. The standard InChI is InChI=1S/C13H18O3/c1-13(16,12(14)15)10-6-5-9-11-7-3-2-4-8-11/h2-4,7-8,16H,5-6,9-10H2,1H3,(H,14,15). The second kappa shape index (κ2) is 5.66. The average molecular weight is 222 g/mol. The monoisotopic (exact) mass is 222 g/mol. The molecule has 0 fully saturated rings. The number of hydrogen-bond acceptors (Lipinski definition) is 2. The van der Waals surface area contributed by atoms with Gasteiger partial charge in [-0.15, -0.1) is 0 Å². The summed E-state index contributed by atoms with van der Waals surface area (Å²) in [5, 5.41) is 18.2. The number of aryl methyl sites for hydroxylation is 1. The molecule has 0 spiro atoms. The summed E-state index contributed by atoms with van der Waals surface area (Å²) >= 11 is 0. The number of carbonyl (C=O) groups is 1. The lowest BCUT2D eigenvalue weighted by molar-refractivity contribution is -0.157. The molecule has 0 heterocycles. The van der Waals surface area contributed by atoms with Crippen LogP contribution < -0.4 is 0 Å². The summed E-state index contributed by atoms with van der Waals surface area (Å²) in [4.78, 5) is 10.6. The van der Waals surface area contributed by atoms with Gasteiger partial charge in [-0.25, -0.2) is 4.79 Å². The van der Waals surface area contributed by atoms with Crippen molar-refractivity contribution in [3.05, 3.63) is 35.9 Å². The first-order valence-electron chi connectivity index (χ1n) is 5.52. The van der Waals surface area contributed by atoms with E-state index in [9.17, 15) is 9.90 Å². The van der Waals surface area contributed by atoms with Crippen molar-refractivity contribution in [3.63, 3.8) is 0 Å². The number of hydrogen-bond donors (Lipinski definition) is 2. The Morgan fingerprint density at radius 2 is 1.88 bits per heavy atom. The first-order chi connectivity index (χ1) is 7.52. The van der Waals surface area contributed by atoms with Gasteiger partial charge >= 0.3 is 5.97 Å². The summed E-state index contributed by atoms with van der Waals surface area (Å²) in [6.07, 6.45) is 2.84. The normalized spacial score (nSPS) is 14.4. The van der Waals surface area contributed by atoms with Gasteiger partial charge in [0.15, 0.2) is 5.60 Å². The van der Waals surface area contributed by atoms with Crippen molar-refractivity contribution >= 4 is 5.97 Å². The predicted molar refractivity (Wildman–Crippen MR) is 62.3 cm³/mol. The first kappa shape index (κ1) is 12.7. The van der Waals surface area contributed by atoms with Gasteiger partial charge in [0.1, 0.15) is 0 Å². The number of aliphatic hydroxyl groups is 1. The van der Waals surface area contributed by atoms with E-state index in [-0.39, 0.29) is 0 Å². The molecule has 1 aromatic carbocycles. The lowest BCUT2D eigenvalue weighted by Gasteiger charge is -2.17. The molecule has 1 aromatic rings. The van der Waals surface area contributed by atoms with Crippen molar-refractivity contribution in [2.24, 2.45) is 0 Å². The third kappa shape index (κ3) is 4.03. The molecule has 3 nitrogen and oxygen atoms in total. The van der Waals surface area contributed by atoms with Crippen LogP contribution in [-0.4, -0.2) is 21.8 Å². The molecule has 1 rings (SSSR count). The fourth-order valence-electron chi connectivity index (χ4n) is 1.55. The summed E-state index contributed by atoms with van der Waals surface area (Å²) < 4.78 is 0. The SMILES string of the molecule is CC(O)(CCCCc1ccccc1)C(=O)O. The molecule has 0 aliphatic heterocycles. The van der Waals surface area contributed by atoms with Gasteiger partial charge in [0, 0.05) is 0 Å². The van der Waals surface area contributed by atoms with E-state index in [4.69, 9.17) is 5.11 Å². The second-order valence-electron chi connectivity index (χ2n) is 4.27. The van der Waals surface area contributed by atoms with Crippen LogP contribution in [0.15, 0.2) is 30.3 Å². The number of benzene rings is 1. The molecule has 1 unspecified atom stereocenters. The zero-order chi connectivity index (χ0) is 12.0. The Labute approximate surface area is 95.7 Å². The lowest BCUT2D eigenvalue weighted by Crippen LogP contribution is -2.34. The number of carboxylic acid groups (broad SMARTS) is 1. The molecular formula is C13H18O3. The highest BCUT2D eigenvalue weighted by atomic mass is 16.4. The molecule has 3 heteroatoms. The van der Waals surface area contributed by atoms with Crippen LogP contribution in [0.1, 0.15) is 31.7 Å². The Hall–Kier alpha value is -1.35. The van der Waals surface area contributed by atoms with Crippen molar-refractivity contribution < 1.29 is 15.0 Å². The fourth-order valence-corrected chi connectivity index (χ4v) is 1.55. The number of carboxylic acids is 1. The van der Waals surface area contributed by atoms with Crippen molar-refractivity contribution in [1.29, 1.82) is 0 Å². The van der Waals surface area contributed by atoms with Gasteiger partial charge in [0.05, 0.1) is 0 Å². The Morgan fingerprint density at radius 3 is 2.44 bits per heavy atom. The van der Waals surface area contributed by atoms with Crippen molar-refractivity contribution in [3.8, 4) is 0 Å². The molecule has 88 valence electrons. The number of unbranched alkanes of at least 4 members (excludes halogenated alkanes) is 1.